The molecule has 28 valence electrons. The molecule has 4 heavy (non-hydrogen) atoms. The van der Waals surface area contributed by atoms with Gasteiger partial charge in [-0.1, -0.05) is 0 Å². The van der Waals surface area contributed by atoms with Crippen LogP contribution in [0.5, 0.6) is 0 Å². The summed E-state index contributed by atoms with van der Waals surface area (Å²) in [6.07, 6.45) is 0. The quantitative estimate of drug-likeness (QED) is 0.523. The zero-order chi connectivity index (χ0) is 0. The van der Waals surface area contributed by atoms with E-state index in [1.54, 1.807) is 0 Å². The molecule has 6 radical (unpaired) electrons. The number of rotatable bonds is 0. The first-order valence-electron chi connectivity index (χ1n) is 0. The summed E-state index contributed by atoms with van der Waals surface area (Å²) >= 11 is 0. The minimum atomic E-state index is 0. The fourth-order valence-electron chi connectivity index (χ4n) is 0. The smallest absolute Gasteiger partial charge is 0 e. The minimum Gasteiger partial charge on any atom is 0 e. The average molecular weight is 265 g/mol. The van der Waals surface area contributed by atoms with Crippen LogP contribution in [0.2, 0.25) is 0 Å². The van der Waals surface area contributed by atoms with E-state index in [2.05, 4.69) is 0 Å². The first kappa shape index (κ1) is 36.0. The molecule has 0 aromatic carbocycles. The van der Waals surface area contributed by atoms with Gasteiger partial charge in [0.15, 0.2) is 0 Å². The van der Waals surface area contributed by atoms with Crippen LogP contribution in [0.25, 0.3) is 0 Å². The maximum Gasteiger partial charge on any atom is 0 e. The fraction of sp³-hybridized carbons (Fsp3) is 0. The molecule has 0 spiro atoms. The molecule has 0 nitrogen and oxygen atoms in total. The molecule has 0 aliphatic carbocycles. The van der Waals surface area contributed by atoms with Gasteiger partial charge in [0.1, 0.15) is 0 Å². The summed E-state index contributed by atoms with van der Waals surface area (Å²) in [4.78, 5) is 0. The van der Waals surface area contributed by atoms with Crippen molar-refractivity contribution in [1.29, 1.82) is 0 Å². The van der Waals surface area contributed by atoms with Crippen molar-refractivity contribution in [2.24, 2.45) is 0 Å². The molecular formula is AgCuSiZn. The van der Waals surface area contributed by atoms with Gasteiger partial charge in [-0.05, 0) is 0 Å². The first-order chi connectivity index (χ1) is 0. The average Bonchev–Trinajstić information content (AvgIpc) is 0. The SMILES string of the molecule is [Ag].[Cu].[Si].[Zn]. The van der Waals surface area contributed by atoms with Gasteiger partial charge in [0.25, 0.3) is 0 Å². The Morgan fingerprint density at radius 2 is 1.00 bits per heavy atom. The summed E-state index contributed by atoms with van der Waals surface area (Å²) in [5.41, 5.74) is 0. The van der Waals surface area contributed by atoms with Gasteiger partial charge in [-0.3, -0.25) is 0 Å². The minimum absolute atomic E-state index is 0. The van der Waals surface area contributed by atoms with Crippen molar-refractivity contribution in [1.82, 2.24) is 0 Å². The van der Waals surface area contributed by atoms with Crippen LogP contribution in [0, 0.1) is 0 Å². The molecule has 0 aromatic rings. The van der Waals surface area contributed by atoms with Crippen LogP contribution in [0.4, 0.5) is 0 Å². The molecule has 0 heterocycles. The third-order valence-corrected chi connectivity index (χ3v) is 0. The number of hydrogen-bond donors (Lipinski definition) is 0. The van der Waals surface area contributed by atoms with Crippen molar-refractivity contribution in [2.75, 3.05) is 0 Å². The van der Waals surface area contributed by atoms with E-state index in [1.165, 1.54) is 0 Å². The van der Waals surface area contributed by atoms with Crippen LogP contribution >= 0.6 is 0 Å². The van der Waals surface area contributed by atoms with Crippen molar-refractivity contribution < 1.29 is 58.9 Å². The molecule has 0 unspecified atom stereocenters. The molecule has 0 aromatic heterocycles. The van der Waals surface area contributed by atoms with Gasteiger partial charge in [-0.2, -0.15) is 0 Å². The molecule has 0 N–H and O–H groups in total. The fourth-order valence-corrected chi connectivity index (χ4v) is 0. The molecule has 0 saturated carbocycles. The first-order valence-corrected chi connectivity index (χ1v) is 0. The summed E-state index contributed by atoms with van der Waals surface area (Å²) in [6.45, 7) is 0. The van der Waals surface area contributed by atoms with Gasteiger partial charge < -0.3 is 0 Å². The molecule has 0 aliphatic heterocycles. The normalized spacial score (nSPS) is 0. The Morgan fingerprint density at radius 3 is 1.00 bits per heavy atom. The van der Waals surface area contributed by atoms with Crippen LogP contribution in [0.3, 0.4) is 0 Å². The Balaban J connectivity index is 0. The van der Waals surface area contributed by atoms with E-state index in [4.69, 9.17) is 0 Å². The van der Waals surface area contributed by atoms with Gasteiger partial charge in [0.2, 0.25) is 0 Å². The zero-order valence-electron chi connectivity index (χ0n) is 1.81. The molecule has 0 bridgehead atoms. The van der Waals surface area contributed by atoms with Crippen molar-refractivity contribution in [3.63, 3.8) is 0 Å². The predicted molar refractivity (Wildman–Crippen MR) is 5.75 cm³/mol. The maximum atomic E-state index is 0. The molecule has 4 heteroatoms. The van der Waals surface area contributed by atoms with Crippen LogP contribution in [0.15, 0.2) is 0 Å². The summed E-state index contributed by atoms with van der Waals surface area (Å²) in [5.74, 6) is 0. The van der Waals surface area contributed by atoms with Gasteiger partial charge in [0, 0.05) is 69.9 Å². The van der Waals surface area contributed by atoms with Gasteiger partial charge in [-0.15, -0.1) is 0 Å². The van der Waals surface area contributed by atoms with E-state index in [1.807, 2.05) is 0 Å². The second-order valence-corrected chi connectivity index (χ2v) is 0. The molecule has 0 fully saturated rings. The van der Waals surface area contributed by atoms with Crippen LogP contribution < -0.4 is 0 Å². The summed E-state index contributed by atoms with van der Waals surface area (Å²) < 4.78 is 0. The number of hydrogen-bond acceptors (Lipinski definition) is 0. The second kappa shape index (κ2) is 19.4. The Bertz CT molecular complexity index is 8.00. The summed E-state index contributed by atoms with van der Waals surface area (Å²) in [5, 5.41) is 0. The molecule has 0 atom stereocenters. The van der Waals surface area contributed by atoms with Gasteiger partial charge in [-0.25, -0.2) is 0 Å². The summed E-state index contributed by atoms with van der Waals surface area (Å²) in [7, 11) is 0. The zero-order valence-corrected chi connectivity index (χ0v) is 8.20. The van der Waals surface area contributed by atoms with Crippen molar-refractivity contribution in [3.8, 4) is 0 Å². The summed E-state index contributed by atoms with van der Waals surface area (Å²) in [6, 6.07) is 0. The largest absolute Gasteiger partial charge is 0 e. The molecule has 0 rings (SSSR count). The van der Waals surface area contributed by atoms with Crippen LogP contribution in [0.1, 0.15) is 0 Å². The van der Waals surface area contributed by atoms with Gasteiger partial charge in [0.05, 0.1) is 0 Å². The Morgan fingerprint density at radius 1 is 1.00 bits per heavy atom. The Kier molecular flexibility index (Phi) is 175. The molecular weight excluding hydrogens is 265 g/mol. The molecule has 0 saturated heterocycles. The maximum absolute atomic E-state index is 0. The van der Waals surface area contributed by atoms with E-state index in [0.29, 0.717) is 0 Å². The van der Waals surface area contributed by atoms with Crippen molar-refractivity contribution >= 4 is 11.0 Å². The van der Waals surface area contributed by atoms with E-state index in [-0.39, 0.29) is 69.9 Å². The van der Waals surface area contributed by atoms with Crippen LogP contribution in [-0.4, -0.2) is 11.0 Å². The van der Waals surface area contributed by atoms with E-state index in [0.717, 1.165) is 0 Å². The van der Waals surface area contributed by atoms with Crippen LogP contribution in [-0.2, 0) is 58.9 Å². The molecule has 0 aliphatic rings. The van der Waals surface area contributed by atoms with E-state index < -0.39 is 0 Å². The standard InChI is InChI=1S/Ag.Cu.Si.Zn. The third kappa shape index (κ3) is 8.93. The molecule has 0 amide bonds. The Hall–Kier alpha value is 2.10. The van der Waals surface area contributed by atoms with Gasteiger partial charge >= 0.3 is 0 Å². The topological polar surface area (TPSA) is 0 Å². The van der Waals surface area contributed by atoms with Crippen molar-refractivity contribution in [3.05, 3.63) is 0 Å². The Labute approximate surface area is 69.3 Å². The predicted octanol–water partition coefficient (Wildman–Crippen LogP) is -0.388. The second-order valence-electron chi connectivity index (χ2n) is 0. The van der Waals surface area contributed by atoms with E-state index >= 15 is 0 Å². The van der Waals surface area contributed by atoms with Crippen molar-refractivity contribution in [2.45, 2.75) is 0 Å². The van der Waals surface area contributed by atoms with E-state index in [9.17, 15) is 0 Å². The third-order valence-electron chi connectivity index (χ3n) is 0. The monoisotopic (exact) mass is 262 g/mol.